The number of nitrogens with zero attached hydrogens (tertiary/aromatic N) is 3. The summed E-state index contributed by atoms with van der Waals surface area (Å²) in [6.07, 6.45) is -0.694. The van der Waals surface area contributed by atoms with Crippen molar-refractivity contribution in [3.63, 3.8) is 0 Å². The summed E-state index contributed by atoms with van der Waals surface area (Å²) in [5, 5.41) is 21.5. The maximum absolute atomic E-state index is 11.1. The second-order valence-electron chi connectivity index (χ2n) is 5.86. The molecular formula is C19H17N5OS. The quantitative estimate of drug-likeness (QED) is 0.469. The topological polar surface area (TPSA) is 101 Å². The zero-order chi connectivity index (χ0) is 17.9. The molecule has 2 aromatic carbocycles. The van der Waals surface area contributed by atoms with Crippen LogP contribution in [0, 0.1) is 0 Å². The van der Waals surface area contributed by atoms with Gasteiger partial charge in [0.05, 0.1) is 11.4 Å². The molecule has 7 heteroatoms. The number of aromatic nitrogens is 4. The van der Waals surface area contributed by atoms with E-state index in [-0.39, 0.29) is 5.25 Å². The predicted octanol–water partition coefficient (Wildman–Crippen LogP) is 3.50. The summed E-state index contributed by atoms with van der Waals surface area (Å²) in [5.74, 6) is 0.382. The number of nitrogens with two attached hydrogens (primary N) is 1. The van der Waals surface area contributed by atoms with Crippen LogP contribution in [-0.2, 0) is 0 Å². The highest BCUT2D eigenvalue weighted by Gasteiger charge is 2.25. The Bertz CT molecular complexity index is 1010. The third-order valence-electron chi connectivity index (χ3n) is 4.09. The zero-order valence-corrected chi connectivity index (χ0v) is 14.6. The van der Waals surface area contributed by atoms with E-state index in [0.717, 1.165) is 16.0 Å². The number of thioether (sulfide) groups is 1. The van der Waals surface area contributed by atoms with Crippen LogP contribution in [0.3, 0.4) is 0 Å². The Labute approximate surface area is 154 Å². The molecule has 6 nitrogen and oxygen atoms in total. The van der Waals surface area contributed by atoms with Crippen molar-refractivity contribution < 1.29 is 5.11 Å². The number of nitrogens with one attached hydrogen (secondary N) is 1. The van der Waals surface area contributed by atoms with Gasteiger partial charge in [-0.05, 0) is 17.2 Å². The van der Waals surface area contributed by atoms with Gasteiger partial charge >= 0.3 is 0 Å². The average Bonchev–Trinajstić information content (AvgIpc) is 3.15. The first kappa shape index (κ1) is 16.6. The summed E-state index contributed by atoms with van der Waals surface area (Å²) < 4.78 is 0. The van der Waals surface area contributed by atoms with Gasteiger partial charge in [0.15, 0.2) is 5.65 Å². The Balaban J connectivity index is 1.77. The lowest BCUT2D eigenvalue weighted by Gasteiger charge is -2.23. The molecule has 2 unspecified atom stereocenters. The van der Waals surface area contributed by atoms with Crippen LogP contribution in [-0.4, -0.2) is 25.5 Å². The number of hydrogen-bond donors (Lipinski definition) is 3. The minimum Gasteiger partial charge on any atom is -0.387 e. The fourth-order valence-corrected chi connectivity index (χ4v) is 4.13. The van der Waals surface area contributed by atoms with Crippen molar-refractivity contribution in [2.24, 2.45) is 0 Å². The van der Waals surface area contributed by atoms with Gasteiger partial charge in [-0.2, -0.15) is 0 Å². The van der Waals surface area contributed by atoms with E-state index in [9.17, 15) is 5.11 Å². The molecule has 26 heavy (non-hydrogen) atoms. The molecule has 4 aromatic rings. The van der Waals surface area contributed by atoms with E-state index in [1.54, 1.807) is 6.07 Å². The maximum atomic E-state index is 11.1. The first-order valence-corrected chi connectivity index (χ1v) is 9.02. The molecular weight excluding hydrogens is 346 g/mol. The molecule has 0 spiro atoms. The second kappa shape index (κ2) is 7.15. The first-order chi connectivity index (χ1) is 12.7. The van der Waals surface area contributed by atoms with Gasteiger partial charge in [0.2, 0.25) is 0 Å². The Morgan fingerprint density at radius 3 is 2.31 bits per heavy atom. The van der Waals surface area contributed by atoms with E-state index in [2.05, 4.69) is 20.4 Å². The average molecular weight is 363 g/mol. The minimum absolute atomic E-state index is 0.236. The Hall–Kier alpha value is -2.90. The monoisotopic (exact) mass is 363 g/mol. The number of pyridine rings is 1. The summed E-state index contributed by atoms with van der Waals surface area (Å²) in [7, 11) is 0. The molecule has 0 saturated carbocycles. The van der Waals surface area contributed by atoms with Crippen LogP contribution in [0.5, 0.6) is 0 Å². The number of nitrogen functional groups attached to an aromatic ring is 1. The molecule has 4 rings (SSSR count). The number of hydrogen-bond acceptors (Lipinski definition) is 6. The molecule has 130 valence electrons. The third-order valence-corrected chi connectivity index (χ3v) is 5.44. The predicted molar refractivity (Wildman–Crippen MR) is 103 cm³/mol. The van der Waals surface area contributed by atoms with Gasteiger partial charge in [0.1, 0.15) is 11.3 Å². The molecule has 0 saturated heterocycles. The fourth-order valence-electron chi connectivity index (χ4n) is 2.84. The van der Waals surface area contributed by atoms with Crippen LogP contribution in [0.2, 0.25) is 0 Å². The van der Waals surface area contributed by atoms with E-state index in [4.69, 9.17) is 5.73 Å². The van der Waals surface area contributed by atoms with Crippen molar-refractivity contribution >= 4 is 28.7 Å². The van der Waals surface area contributed by atoms with Crippen LogP contribution >= 0.6 is 11.8 Å². The van der Waals surface area contributed by atoms with E-state index in [0.29, 0.717) is 17.0 Å². The number of aliphatic hydroxyl groups is 1. The Morgan fingerprint density at radius 1 is 0.962 bits per heavy atom. The maximum Gasteiger partial charge on any atom is 0.179 e. The van der Waals surface area contributed by atoms with Crippen LogP contribution in [0.25, 0.3) is 11.2 Å². The fraction of sp³-hybridized carbons (Fsp3) is 0.105. The zero-order valence-electron chi connectivity index (χ0n) is 13.8. The van der Waals surface area contributed by atoms with Gasteiger partial charge < -0.3 is 10.8 Å². The van der Waals surface area contributed by atoms with Gasteiger partial charge in [0.25, 0.3) is 0 Å². The largest absolute Gasteiger partial charge is 0.387 e. The number of benzene rings is 2. The molecule has 0 radical (unpaired) electrons. The standard InChI is InChI=1S/C19H17N5OS/c20-15-11-14(16-19(21-15)23-24-22-16)26-18(13-9-5-2-6-10-13)17(25)12-7-3-1-4-8-12/h1-11,17-18,25H,(H3,20,21,22,23,24). The summed E-state index contributed by atoms with van der Waals surface area (Å²) in [5.41, 5.74) is 8.97. The molecule has 0 fully saturated rings. The number of anilines is 1. The van der Waals surface area contributed by atoms with Crippen molar-refractivity contribution in [1.29, 1.82) is 0 Å². The minimum atomic E-state index is -0.694. The lowest BCUT2D eigenvalue weighted by atomic mass is 10.0. The summed E-state index contributed by atoms with van der Waals surface area (Å²) >= 11 is 1.50. The van der Waals surface area contributed by atoms with E-state index in [1.165, 1.54) is 11.8 Å². The van der Waals surface area contributed by atoms with Crippen molar-refractivity contribution in [2.75, 3.05) is 5.73 Å². The van der Waals surface area contributed by atoms with Gasteiger partial charge in [-0.3, -0.25) is 0 Å². The van der Waals surface area contributed by atoms with Gasteiger partial charge in [-0.15, -0.1) is 16.9 Å². The highest BCUT2D eigenvalue weighted by molar-refractivity contribution is 7.99. The number of rotatable bonds is 5. The summed E-state index contributed by atoms with van der Waals surface area (Å²) in [4.78, 5) is 5.02. The molecule has 0 aliphatic carbocycles. The van der Waals surface area contributed by atoms with Crippen LogP contribution < -0.4 is 5.73 Å². The van der Waals surface area contributed by atoms with Gasteiger partial charge in [-0.25, -0.2) is 10.1 Å². The first-order valence-electron chi connectivity index (χ1n) is 8.14. The van der Waals surface area contributed by atoms with Crippen molar-refractivity contribution in [2.45, 2.75) is 16.2 Å². The third kappa shape index (κ3) is 3.26. The van der Waals surface area contributed by atoms with E-state index >= 15 is 0 Å². The van der Waals surface area contributed by atoms with Crippen LogP contribution in [0.4, 0.5) is 5.82 Å². The molecule has 0 aliphatic rings. The lowest BCUT2D eigenvalue weighted by Crippen LogP contribution is -2.08. The molecule has 2 atom stereocenters. The molecule has 0 amide bonds. The summed E-state index contributed by atoms with van der Waals surface area (Å²) in [6.45, 7) is 0. The number of H-pyrrole nitrogens is 1. The van der Waals surface area contributed by atoms with Crippen LogP contribution in [0.15, 0.2) is 71.6 Å². The summed E-state index contributed by atoms with van der Waals surface area (Å²) in [6, 6.07) is 21.3. The molecule has 2 aromatic heterocycles. The van der Waals surface area contributed by atoms with E-state index in [1.807, 2.05) is 60.7 Å². The van der Waals surface area contributed by atoms with Crippen molar-refractivity contribution in [3.8, 4) is 0 Å². The Morgan fingerprint density at radius 2 is 1.62 bits per heavy atom. The van der Waals surface area contributed by atoms with Gasteiger partial charge in [0, 0.05) is 4.90 Å². The normalized spacial score (nSPS) is 13.6. The number of aromatic amines is 1. The SMILES string of the molecule is Nc1cc(SC(c2ccccc2)C(O)c2ccccc2)c2nn[nH]c2n1. The highest BCUT2D eigenvalue weighted by Crippen LogP contribution is 2.45. The molecule has 4 N–H and O–H groups in total. The Kier molecular flexibility index (Phi) is 4.55. The molecule has 2 heterocycles. The van der Waals surface area contributed by atoms with Crippen molar-refractivity contribution in [3.05, 3.63) is 77.9 Å². The van der Waals surface area contributed by atoms with E-state index < -0.39 is 6.10 Å². The van der Waals surface area contributed by atoms with Crippen molar-refractivity contribution in [1.82, 2.24) is 20.4 Å². The van der Waals surface area contributed by atoms with Gasteiger partial charge in [-0.1, -0.05) is 65.9 Å². The van der Waals surface area contributed by atoms with Crippen LogP contribution in [0.1, 0.15) is 22.5 Å². The lowest BCUT2D eigenvalue weighted by molar-refractivity contribution is 0.175. The molecule has 0 aliphatic heterocycles. The highest BCUT2D eigenvalue weighted by atomic mass is 32.2. The number of aliphatic hydroxyl groups excluding tert-OH is 1. The number of fused-ring (bicyclic) bond motifs is 1. The smallest absolute Gasteiger partial charge is 0.179 e. The second-order valence-corrected chi connectivity index (χ2v) is 7.04. The molecule has 0 bridgehead atoms.